The Balaban J connectivity index is 1.57. The molecule has 0 heterocycles. The van der Waals surface area contributed by atoms with E-state index in [0.29, 0.717) is 18.5 Å². The molecular weight excluding hydrogens is 456 g/mol. The van der Waals surface area contributed by atoms with E-state index in [4.69, 9.17) is 16.3 Å². The topological polar surface area (TPSA) is 105 Å². The second-order valence-electron chi connectivity index (χ2n) is 7.58. The number of ether oxygens (including phenoxy) is 1. The van der Waals surface area contributed by atoms with Gasteiger partial charge in [0.25, 0.3) is 5.91 Å². The minimum Gasteiger partial charge on any atom is -0.496 e. The Morgan fingerprint density at radius 2 is 1.82 bits per heavy atom. The highest BCUT2D eigenvalue weighted by atomic mass is 35.5. The van der Waals surface area contributed by atoms with Crippen molar-refractivity contribution in [2.75, 3.05) is 19.0 Å². The van der Waals surface area contributed by atoms with Gasteiger partial charge in [-0.05, 0) is 48.6 Å². The first-order valence-corrected chi connectivity index (χ1v) is 11.1. The van der Waals surface area contributed by atoms with Crippen LogP contribution < -0.4 is 15.4 Å². The van der Waals surface area contributed by atoms with Crippen molar-refractivity contribution >= 4 is 35.6 Å². The number of methoxy groups -OCH3 is 1. The molecule has 0 fully saturated rings. The van der Waals surface area contributed by atoms with Crippen LogP contribution in [0.15, 0.2) is 60.7 Å². The molecule has 0 bridgehead atoms. The summed E-state index contributed by atoms with van der Waals surface area (Å²) >= 11 is 6.14. The molecular formula is C26H25ClN2O5. The first kappa shape index (κ1) is 24.8. The van der Waals surface area contributed by atoms with Crippen LogP contribution in [0.1, 0.15) is 39.1 Å². The first-order chi connectivity index (χ1) is 16.4. The Labute approximate surface area is 202 Å². The third kappa shape index (κ3) is 6.36. The fourth-order valence-electron chi connectivity index (χ4n) is 3.60. The van der Waals surface area contributed by atoms with E-state index in [0.717, 1.165) is 36.0 Å². The zero-order chi connectivity index (χ0) is 24.5. The van der Waals surface area contributed by atoms with E-state index in [2.05, 4.69) is 10.6 Å². The van der Waals surface area contributed by atoms with Gasteiger partial charge in [-0.1, -0.05) is 54.1 Å². The highest BCUT2D eigenvalue weighted by Crippen LogP contribution is 2.30. The Bertz CT molecular complexity index is 1180. The number of amides is 2. The highest BCUT2D eigenvalue weighted by Gasteiger charge is 2.15. The molecule has 0 saturated carbocycles. The lowest BCUT2D eigenvalue weighted by Crippen LogP contribution is -2.25. The molecule has 3 N–H and O–H groups in total. The van der Waals surface area contributed by atoms with Gasteiger partial charge in [-0.15, -0.1) is 0 Å². The largest absolute Gasteiger partial charge is 0.496 e. The number of carboxylic acid groups (broad SMARTS) is 1. The van der Waals surface area contributed by atoms with Crippen LogP contribution in [0.25, 0.3) is 11.1 Å². The Morgan fingerprint density at radius 3 is 2.50 bits per heavy atom. The normalized spacial score (nSPS) is 10.4. The standard InChI is InChI=1S/C26H25ClN2O5/c1-34-24-15-21(22(27)14-19(24)16-30)25(31)28-12-6-5-7-17-10-11-20(18-8-3-2-4-9-18)23(13-17)29-26(32)33/h2-4,8-11,13-16,29H,5-7,12H2,1H3,(H,28,31)(H,32,33). The summed E-state index contributed by atoms with van der Waals surface area (Å²) in [5.74, 6) is -0.0600. The van der Waals surface area contributed by atoms with Crippen LogP contribution in [-0.2, 0) is 6.42 Å². The number of nitrogens with one attached hydrogen (secondary N) is 2. The summed E-state index contributed by atoms with van der Waals surface area (Å²) in [6, 6.07) is 18.2. The lowest BCUT2D eigenvalue weighted by atomic mass is 9.99. The van der Waals surface area contributed by atoms with Crippen LogP contribution in [0.2, 0.25) is 5.02 Å². The van der Waals surface area contributed by atoms with Crippen molar-refractivity contribution in [2.24, 2.45) is 0 Å². The molecule has 7 nitrogen and oxygen atoms in total. The third-order valence-electron chi connectivity index (χ3n) is 5.28. The minimum absolute atomic E-state index is 0.178. The summed E-state index contributed by atoms with van der Waals surface area (Å²) in [7, 11) is 1.42. The number of rotatable bonds is 10. The van der Waals surface area contributed by atoms with Crippen molar-refractivity contribution in [2.45, 2.75) is 19.3 Å². The maximum Gasteiger partial charge on any atom is 0.409 e. The van der Waals surface area contributed by atoms with Gasteiger partial charge in [0, 0.05) is 12.1 Å². The highest BCUT2D eigenvalue weighted by molar-refractivity contribution is 6.34. The second-order valence-corrected chi connectivity index (χ2v) is 7.99. The smallest absolute Gasteiger partial charge is 0.409 e. The number of carbonyl (C=O) groups excluding carboxylic acids is 2. The van der Waals surface area contributed by atoms with Gasteiger partial charge in [0.15, 0.2) is 6.29 Å². The van der Waals surface area contributed by atoms with E-state index in [1.165, 1.54) is 19.2 Å². The SMILES string of the molecule is COc1cc(C(=O)NCCCCc2ccc(-c3ccccc3)c(NC(=O)O)c2)c(Cl)cc1C=O. The Morgan fingerprint density at radius 1 is 1.06 bits per heavy atom. The molecule has 0 spiro atoms. The number of unbranched alkanes of at least 4 members (excludes halogenated alkanes) is 1. The number of carbonyl (C=O) groups is 3. The van der Waals surface area contributed by atoms with Gasteiger partial charge in [-0.3, -0.25) is 14.9 Å². The Kier molecular flexibility index (Phi) is 8.65. The van der Waals surface area contributed by atoms with E-state index in [-0.39, 0.29) is 27.8 Å². The zero-order valence-corrected chi connectivity index (χ0v) is 19.4. The fourth-order valence-corrected chi connectivity index (χ4v) is 3.86. The van der Waals surface area contributed by atoms with E-state index < -0.39 is 6.09 Å². The summed E-state index contributed by atoms with van der Waals surface area (Å²) in [5, 5.41) is 14.7. The fraction of sp³-hybridized carbons (Fsp3) is 0.192. The van der Waals surface area contributed by atoms with Gasteiger partial charge in [0.05, 0.1) is 28.9 Å². The lowest BCUT2D eigenvalue weighted by molar-refractivity contribution is 0.0952. The molecule has 0 aromatic heterocycles. The quantitative estimate of drug-likeness (QED) is 0.256. The maximum atomic E-state index is 12.5. The predicted octanol–water partition coefficient (Wildman–Crippen LogP) is 5.67. The van der Waals surface area contributed by atoms with Gasteiger partial charge >= 0.3 is 6.09 Å². The van der Waals surface area contributed by atoms with Crippen LogP contribution in [0.5, 0.6) is 5.75 Å². The van der Waals surface area contributed by atoms with E-state index in [1.54, 1.807) is 0 Å². The third-order valence-corrected chi connectivity index (χ3v) is 5.59. The first-order valence-electron chi connectivity index (χ1n) is 10.7. The molecule has 3 rings (SSSR count). The molecule has 0 radical (unpaired) electrons. The van der Waals surface area contributed by atoms with Crippen LogP contribution in [-0.4, -0.2) is 37.0 Å². The summed E-state index contributed by atoms with van der Waals surface area (Å²) in [6.45, 7) is 0.440. The second kappa shape index (κ2) is 11.9. The molecule has 176 valence electrons. The van der Waals surface area contributed by atoms with Crippen molar-refractivity contribution in [3.63, 3.8) is 0 Å². The molecule has 2 amide bonds. The van der Waals surface area contributed by atoms with Crippen molar-refractivity contribution in [1.29, 1.82) is 0 Å². The summed E-state index contributed by atoms with van der Waals surface area (Å²) < 4.78 is 5.13. The molecule has 3 aromatic rings. The van der Waals surface area contributed by atoms with E-state index >= 15 is 0 Å². The lowest BCUT2D eigenvalue weighted by Gasteiger charge is -2.12. The molecule has 0 aliphatic carbocycles. The van der Waals surface area contributed by atoms with Crippen LogP contribution in [0.3, 0.4) is 0 Å². The average Bonchev–Trinajstić information content (AvgIpc) is 2.83. The molecule has 0 unspecified atom stereocenters. The molecule has 8 heteroatoms. The van der Waals surface area contributed by atoms with Crippen molar-refractivity contribution < 1.29 is 24.2 Å². The summed E-state index contributed by atoms with van der Waals surface area (Å²) in [4.78, 5) is 34.8. The van der Waals surface area contributed by atoms with E-state index in [1.807, 2.05) is 48.5 Å². The number of hydrogen-bond acceptors (Lipinski definition) is 4. The van der Waals surface area contributed by atoms with Gasteiger partial charge in [-0.2, -0.15) is 0 Å². The van der Waals surface area contributed by atoms with Crippen LogP contribution >= 0.6 is 11.6 Å². The summed E-state index contributed by atoms with van der Waals surface area (Å²) in [6.07, 6.45) is 1.74. The average molecular weight is 481 g/mol. The van der Waals surface area contributed by atoms with Crippen LogP contribution in [0.4, 0.5) is 10.5 Å². The number of halogens is 1. The van der Waals surface area contributed by atoms with Crippen molar-refractivity contribution in [3.05, 3.63) is 82.4 Å². The number of anilines is 1. The van der Waals surface area contributed by atoms with Gasteiger partial charge < -0.3 is 15.2 Å². The van der Waals surface area contributed by atoms with Gasteiger partial charge in [-0.25, -0.2) is 4.79 Å². The summed E-state index contributed by atoms with van der Waals surface area (Å²) in [5.41, 5.74) is 3.78. The molecule has 0 aliphatic rings. The predicted molar refractivity (Wildman–Crippen MR) is 132 cm³/mol. The molecule has 0 aliphatic heterocycles. The van der Waals surface area contributed by atoms with Crippen molar-refractivity contribution in [1.82, 2.24) is 5.32 Å². The van der Waals surface area contributed by atoms with Gasteiger partial charge in [0.1, 0.15) is 5.75 Å². The molecule has 0 atom stereocenters. The monoisotopic (exact) mass is 480 g/mol. The number of benzene rings is 3. The number of aryl methyl sites for hydroxylation is 1. The number of hydrogen-bond donors (Lipinski definition) is 3. The molecule has 34 heavy (non-hydrogen) atoms. The number of aldehydes is 1. The van der Waals surface area contributed by atoms with E-state index in [9.17, 15) is 19.5 Å². The maximum absolute atomic E-state index is 12.5. The molecule has 0 saturated heterocycles. The molecule has 3 aromatic carbocycles. The minimum atomic E-state index is -1.12. The zero-order valence-electron chi connectivity index (χ0n) is 18.6. The Hall–Kier alpha value is -3.84. The van der Waals surface area contributed by atoms with Gasteiger partial charge in [0.2, 0.25) is 0 Å². The van der Waals surface area contributed by atoms with Crippen LogP contribution in [0, 0.1) is 0 Å². The van der Waals surface area contributed by atoms with Crippen molar-refractivity contribution in [3.8, 4) is 16.9 Å².